The molecule has 1 aromatic carbocycles. The summed E-state index contributed by atoms with van der Waals surface area (Å²) in [6.07, 6.45) is 3.94. The van der Waals surface area contributed by atoms with E-state index in [1.54, 1.807) is 0 Å². The summed E-state index contributed by atoms with van der Waals surface area (Å²) in [5.41, 5.74) is 6.28. The number of anilines is 3. The molecule has 1 aliphatic heterocycles. The van der Waals surface area contributed by atoms with E-state index in [1.165, 1.54) is 0 Å². The molecule has 210 valence electrons. The van der Waals surface area contributed by atoms with Crippen LogP contribution in [0.3, 0.4) is 0 Å². The van der Waals surface area contributed by atoms with E-state index < -0.39 is 0 Å². The predicted molar refractivity (Wildman–Crippen MR) is 162 cm³/mol. The summed E-state index contributed by atoms with van der Waals surface area (Å²) in [5.74, 6) is 0.751. The molecule has 1 aliphatic rings. The first-order chi connectivity index (χ1) is 19.1. The molecule has 4 aromatic rings. The van der Waals surface area contributed by atoms with Gasteiger partial charge >= 0.3 is 0 Å². The van der Waals surface area contributed by atoms with Crippen LogP contribution in [0.5, 0.6) is 0 Å². The van der Waals surface area contributed by atoms with Crippen LogP contribution in [-0.2, 0) is 6.54 Å². The number of pyridine rings is 2. The van der Waals surface area contributed by atoms with Crippen molar-refractivity contribution in [3.05, 3.63) is 81.0 Å². The number of nitrogens with zero attached hydrogens (tertiary/aromatic N) is 4. The molecule has 0 aliphatic carbocycles. The fraction of sp³-hybridized carbons (Fsp3) is 0.387. The van der Waals surface area contributed by atoms with Gasteiger partial charge in [0.15, 0.2) is 0 Å². The van der Waals surface area contributed by atoms with E-state index in [4.69, 9.17) is 4.98 Å². The number of amides is 1. The highest BCUT2D eigenvalue weighted by molar-refractivity contribution is 6.09. The highest BCUT2D eigenvalue weighted by atomic mass is 16.1. The van der Waals surface area contributed by atoms with Crippen molar-refractivity contribution in [1.29, 1.82) is 0 Å². The Morgan fingerprint density at radius 1 is 1.02 bits per heavy atom. The summed E-state index contributed by atoms with van der Waals surface area (Å²) in [4.78, 5) is 38.3. The third-order valence-electron chi connectivity index (χ3n) is 7.71. The van der Waals surface area contributed by atoms with Crippen molar-refractivity contribution in [3.8, 4) is 0 Å². The van der Waals surface area contributed by atoms with E-state index in [-0.39, 0.29) is 24.1 Å². The van der Waals surface area contributed by atoms with Crippen LogP contribution < -0.4 is 21.1 Å². The Balaban J connectivity index is 1.44. The number of hydrogen-bond acceptors (Lipinski definition) is 6. The van der Waals surface area contributed by atoms with Crippen molar-refractivity contribution >= 4 is 34.0 Å². The van der Waals surface area contributed by atoms with Crippen LogP contribution in [0, 0.1) is 20.8 Å². The van der Waals surface area contributed by atoms with Gasteiger partial charge in [0, 0.05) is 67.3 Å². The van der Waals surface area contributed by atoms with E-state index in [1.807, 2.05) is 51.2 Å². The summed E-state index contributed by atoms with van der Waals surface area (Å²) in [6.45, 7) is 14.2. The molecule has 1 saturated heterocycles. The molecule has 5 rings (SSSR count). The zero-order chi connectivity index (χ0) is 28.6. The van der Waals surface area contributed by atoms with Crippen molar-refractivity contribution in [1.82, 2.24) is 24.8 Å². The second-order valence-corrected chi connectivity index (χ2v) is 11.2. The van der Waals surface area contributed by atoms with Gasteiger partial charge in [0.25, 0.3) is 11.5 Å². The van der Waals surface area contributed by atoms with Crippen LogP contribution in [0.25, 0.3) is 10.9 Å². The molecule has 4 heterocycles. The SMILES string of the molecule is Cc1cc(C)c(CNC(=O)c2cc(Nc3ccc(N4CCN(C)CC4)nc3)cc3c2c(C)cn3C(C)C)c(=O)[nH]1. The number of piperazine rings is 1. The van der Waals surface area contributed by atoms with E-state index in [2.05, 4.69) is 63.1 Å². The molecule has 3 aromatic heterocycles. The Hall–Kier alpha value is -4.11. The second-order valence-electron chi connectivity index (χ2n) is 11.2. The lowest BCUT2D eigenvalue weighted by Crippen LogP contribution is -2.44. The number of aryl methyl sites for hydroxylation is 3. The number of carbonyl (C=O) groups excluding carboxylic acids is 1. The maximum Gasteiger partial charge on any atom is 0.253 e. The lowest BCUT2D eigenvalue weighted by molar-refractivity contribution is 0.0952. The van der Waals surface area contributed by atoms with Crippen LogP contribution in [0.4, 0.5) is 17.2 Å². The topological polar surface area (TPSA) is 98.3 Å². The summed E-state index contributed by atoms with van der Waals surface area (Å²) in [7, 11) is 2.14. The molecule has 0 spiro atoms. The first kappa shape index (κ1) is 27.5. The van der Waals surface area contributed by atoms with E-state index in [0.717, 1.165) is 71.1 Å². The van der Waals surface area contributed by atoms with E-state index in [9.17, 15) is 9.59 Å². The first-order valence-electron chi connectivity index (χ1n) is 13.9. The van der Waals surface area contributed by atoms with Gasteiger partial charge in [-0.2, -0.15) is 0 Å². The number of carbonyl (C=O) groups is 1. The zero-order valence-corrected chi connectivity index (χ0v) is 24.3. The van der Waals surface area contributed by atoms with Gasteiger partial charge in [-0.25, -0.2) is 4.98 Å². The molecule has 40 heavy (non-hydrogen) atoms. The molecule has 3 N–H and O–H groups in total. The fourth-order valence-corrected chi connectivity index (χ4v) is 5.48. The fourth-order valence-electron chi connectivity index (χ4n) is 5.48. The van der Waals surface area contributed by atoms with Gasteiger partial charge in [-0.3, -0.25) is 9.59 Å². The minimum Gasteiger partial charge on any atom is -0.354 e. The van der Waals surface area contributed by atoms with Gasteiger partial charge in [0.1, 0.15) is 5.82 Å². The maximum absolute atomic E-state index is 13.6. The van der Waals surface area contributed by atoms with Gasteiger partial charge in [-0.1, -0.05) is 0 Å². The Bertz CT molecular complexity index is 1590. The Morgan fingerprint density at radius 2 is 1.77 bits per heavy atom. The molecule has 1 amide bonds. The van der Waals surface area contributed by atoms with Crippen LogP contribution in [0.1, 0.15) is 52.6 Å². The van der Waals surface area contributed by atoms with Crippen molar-refractivity contribution in [2.24, 2.45) is 0 Å². The predicted octanol–water partition coefficient (Wildman–Crippen LogP) is 4.66. The number of H-pyrrole nitrogens is 1. The minimum atomic E-state index is -0.221. The average molecular weight is 542 g/mol. The number of aromatic amines is 1. The van der Waals surface area contributed by atoms with Gasteiger partial charge in [0.05, 0.1) is 23.0 Å². The molecule has 9 heteroatoms. The zero-order valence-electron chi connectivity index (χ0n) is 24.3. The van der Waals surface area contributed by atoms with Crippen LogP contribution >= 0.6 is 0 Å². The quantitative estimate of drug-likeness (QED) is 0.315. The number of hydrogen-bond donors (Lipinski definition) is 3. The summed E-state index contributed by atoms with van der Waals surface area (Å²) in [5, 5.41) is 7.37. The molecule has 0 unspecified atom stereocenters. The summed E-state index contributed by atoms with van der Waals surface area (Å²) < 4.78 is 2.19. The van der Waals surface area contributed by atoms with E-state index in [0.29, 0.717) is 11.1 Å². The number of rotatable bonds is 7. The number of aromatic nitrogens is 3. The standard InChI is InChI=1S/C31H39N7O2/c1-19(2)38-18-21(4)29-25(30(39)33-17-26-20(3)13-22(5)34-31(26)40)14-24(15-27(29)38)35-23-7-8-28(32-16-23)37-11-9-36(6)10-12-37/h7-8,13-16,18-19,35H,9-12,17H2,1-6H3,(H,33,39)(H,34,40). The molecular formula is C31H39N7O2. The largest absolute Gasteiger partial charge is 0.354 e. The van der Waals surface area contributed by atoms with Crippen molar-refractivity contribution in [2.45, 2.75) is 47.2 Å². The second kappa shape index (κ2) is 11.2. The van der Waals surface area contributed by atoms with Crippen LogP contribution in [0.2, 0.25) is 0 Å². The lowest BCUT2D eigenvalue weighted by atomic mass is 10.0. The van der Waals surface area contributed by atoms with Crippen molar-refractivity contribution in [3.63, 3.8) is 0 Å². The number of benzene rings is 1. The number of likely N-dealkylation sites (N-methyl/N-ethyl adjacent to an activating group) is 1. The van der Waals surface area contributed by atoms with Crippen molar-refractivity contribution in [2.75, 3.05) is 43.4 Å². The molecule has 9 nitrogen and oxygen atoms in total. The Labute approximate surface area is 235 Å². The average Bonchev–Trinajstić information content (AvgIpc) is 3.25. The first-order valence-corrected chi connectivity index (χ1v) is 13.9. The minimum absolute atomic E-state index is 0.154. The van der Waals surface area contributed by atoms with Gasteiger partial charge in [0.2, 0.25) is 0 Å². The maximum atomic E-state index is 13.6. The van der Waals surface area contributed by atoms with Crippen LogP contribution in [-0.4, -0.2) is 58.6 Å². The van der Waals surface area contributed by atoms with Gasteiger partial charge in [-0.15, -0.1) is 0 Å². The van der Waals surface area contributed by atoms with Crippen molar-refractivity contribution < 1.29 is 4.79 Å². The summed E-state index contributed by atoms with van der Waals surface area (Å²) in [6, 6.07) is 10.2. The Morgan fingerprint density at radius 3 is 2.42 bits per heavy atom. The summed E-state index contributed by atoms with van der Waals surface area (Å²) >= 11 is 0. The highest BCUT2D eigenvalue weighted by Crippen LogP contribution is 2.32. The monoisotopic (exact) mass is 541 g/mol. The third-order valence-corrected chi connectivity index (χ3v) is 7.71. The number of fused-ring (bicyclic) bond motifs is 1. The molecule has 0 radical (unpaired) electrons. The van der Waals surface area contributed by atoms with Gasteiger partial charge in [-0.05, 0) is 83.1 Å². The number of nitrogens with one attached hydrogen (secondary N) is 3. The molecule has 0 bridgehead atoms. The smallest absolute Gasteiger partial charge is 0.253 e. The van der Waals surface area contributed by atoms with E-state index >= 15 is 0 Å². The molecule has 0 saturated carbocycles. The lowest BCUT2D eigenvalue weighted by Gasteiger charge is -2.33. The molecule has 1 fully saturated rings. The molecule has 0 atom stereocenters. The highest BCUT2D eigenvalue weighted by Gasteiger charge is 2.20. The Kier molecular flexibility index (Phi) is 7.67. The van der Waals surface area contributed by atoms with Gasteiger partial charge < -0.3 is 30.0 Å². The normalized spacial score (nSPS) is 14.2. The van der Waals surface area contributed by atoms with Crippen LogP contribution in [0.15, 0.2) is 47.5 Å². The third kappa shape index (κ3) is 5.60. The molecular weight excluding hydrogens is 502 g/mol.